The maximum absolute atomic E-state index is 2.25. The standard InChI is InChI=1S/C19H14/c1-2-10-16-14(6-1)8-4-12-18(16)19-13-5-9-15-7-3-11-17(15)19/h1-10,12-13H,11H2. The molecule has 4 rings (SSSR count). The summed E-state index contributed by atoms with van der Waals surface area (Å²) in [6, 6.07) is 21.8. The number of rotatable bonds is 1. The van der Waals surface area contributed by atoms with Crippen LogP contribution in [-0.2, 0) is 6.42 Å². The van der Waals surface area contributed by atoms with Crippen LogP contribution < -0.4 is 0 Å². The fourth-order valence-corrected chi connectivity index (χ4v) is 3.01. The molecule has 0 heterocycles. The van der Waals surface area contributed by atoms with Crippen LogP contribution in [0, 0.1) is 0 Å². The second-order valence-corrected chi connectivity index (χ2v) is 5.01. The van der Waals surface area contributed by atoms with Gasteiger partial charge in [0.2, 0.25) is 0 Å². The van der Waals surface area contributed by atoms with Crippen molar-refractivity contribution >= 4 is 16.8 Å². The monoisotopic (exact) mass is 242 g/mol. The molecule has 3 aromatic carbocycles. The molecule has 0 radical (unpaired) electrons. The molecule has 0 amide bonds. The quantitative estimate of drug-likeness (QED) is 0.558. The van der Waals surface area contributed by atoms with Crippen LogP contribution in [0.4, 0.5) is 0 Å². The second kappa shape index (κ2) is 4.10. The Balaban J connectivity index is 2.04. The SMILES string of the molecule is C1=Cc2cccc(-c3cccc4ccccc34)c2C1. The molecule has 90 valence electrons. The van der Waals surface area contributed by atoms with Gasteiger partial charge in [0, 0.05) is 0 Å². The van der Waals surface area contributed by atoms with Gasteiger partial charge in [0.05, 0.1) is 0 Å². The van der Waals surface area contributed by atoms with Crippen molar-refractivity contribution in [1.82, 2.24) is 0 Å². The highest BCUT2D eigenvalue weighted by molar-refractivity contribution is 5.98. The molecule has 19 heavy (non-hydrogen) atoms. The van der Waals surface area contributed by atoms with Gasteiger partial charge in [0.15, 0.2) is 0 Å². The smallest absolute Gasteiger partial charge is 0.00820 e. The third-order valence-corrected chi connectivity index (χ3v) is 3.91. The van der Waals surface area contributed by atoms with E-state index in [1.165, 1.54) is 33.0 Å². The van der Waals surface area contributed by atoms with E-state index in [1.807, 2.05) is 0 Å². The molecule has 1 aliphatic carbocycles. The maximum Gasteiger partial charge on any atom is -0.00820 e. The van der Waals surface area contributed by atoms with Crippen molar-refractivity contribution in [1.29, 1.82) is 0 Å². The molecular weight excluding hydrogens is 228 g/mol. The fraction of sp³-hybridized carbons (Fsp3) is 0.0526. The van der Waals surface area contributed by atoms with Crippen LogP contribution in [0.2, 0.25) is 0 Å². The zero-order chi connectivity index (χ0) is 12.7. The molecule has 0 aliphatic heterocycles. The minimum absolute atomic E-state index is 1.05. The van der Waals surface area contributed by atoms with Gasteiger partial charge in [-0.05, 0) is 39.4 Å². The first-order chi connectivity index (χ1) is 9.43. The van der Waals surface area contributed by atoms with Gasteiger partial charge in [0.1, 0.15) is 0 Å². The van der Waals surface area contributed by atoms with Crippen molar-refractivity contribution in [3.8, 4) is 11.1 Å². The van der Waals surface area contributed by atoms with E-state index >= 15 is 0 Å². The van der Waals surface area contributed by atoms with Crippen molar-refractivity contribution in [2.24, 2.45) is 0 Å². The molecule has 0 saturated heterocycles. The summed E-state index contributed by atoms with van der Waals surface area (Å²) in [5.41, 5.74) is 5.54. The molecule has 0 N–H and O–H groups in total. The molecule has 0 saturated carbocycles. The van der Waals surface area contributed by atoms with Crippen molar-refractivity contribution in [3.63, 3.8) is 0 Å². The average Bonchev–Trinajstić information content (AvgIpc) is 2.95. The Morgan fingerprint density at radius 1 is 0.684 bits per heavy atom. The zero-order valence-electron chi connectivity index (χ0n) is 10.6. The molecular formula is C19H14. The van der Waals surface area contributed by atoms with Gasteiger partial charge >= 0.3 is 0 Å². The molecule has 3 aromatic rings. The van der Waals surface area contributed by atoms with E-state index in [9.17, 15) is 0 Å². The van der Waals surface area contributed by atoms with Crippen LogP contribution in [0.5, 0.6) is 0 Å². The zero-order valence-corrected chi connectivity index (χ0v) is 10.6. The maximum atomic E-state index is 2.25. The van der Waals surface area contributed by atoms with Crippen LogP contribution in [0.1, 0.15) is 11.1 Å². The summed E-state index contributed by atoms with van der Waals surface area (Å²) in [4.78, 5) is 0. The fourth-order valence-electron chi connectivity index (χ4n) is 3.01. The number of allylic oxidation sites excluding steroid dienone is 1. The summed E-state index contributed by atoms with van der Waals surface area (Å²) >= 11 is 0. The normalized spacial score (nSPS) is 12.8. The summed E-state index contributed by atoms with van der Waals surface area (Å²) in [5.74, 6) is 0. The topological polar surface area (TPSA) is 0 Å². The highest BCUT2D eigenvalue weighted by atomic mass is 14.2. The van der Waals surface area contributed by atoms with Crippen molar-refractivity contribution in [2.75, 3.05) is 0 Å². The number of benzene rings is 3. The van der Waals surface area contributed by atoms with Crippen LogP contribution >= 0.6 is 0 Å². The molecule has 0 spiro atoms. The first-order valence-corrected chi connectivity index (χ1v) is 6.70. The van der Waals surface area contributed by atoms with E-state index in [2.05, 4.69) is 72.8 Å². The van der Waals surface area contributed by atoms with E-state index in [-0.39, 0.29) is 0 Å². The number of hydrogen-bond donors (Lipinski definition) is 0. The van der Waals surface area contributed by atoms with Gasteiger partial charge in [-0.25, -0.2) is 0 Å². The minimum atomic E-state index is 1.05. The van der Waals surface area contributed by atoms with E-state index < -0.39 is 0 Å². The lowest BCUT2D eigenvalue weighted by atomic mass is 9.93. The summed E-state index contributed by atoms with van der Waals surface area (Å²) in [7, 11) is 0. The number of hydrogen-bond acceptors (Lipinski definition) is 0. The summed E-state index contributed by atoms with van der Waals surface area (Å²) in [6.07, 6.45) is 5.53. The van der Waals surface area contributed by atoms with Gasteiger partial charge in [-0.2, -0.15) is 0 Å². The molecule has 0 nitrogen and oxygen atoms in total. The van der Waals surface area contributed by atoms with Crippen LogP contribution in [0.25, 0.3) is 28.0 Å². The minimum Gasteiger partial charge on any atom is -0.0795 e. The first kappa shape index (κ1) is 10.6. The molecule has 0 fully saturated rings. The highest BCUT2D eigenvalue weighted by Gasteiger charge is 2.12. The molecule has 0 unspecified atom stereocenters. The Kier molecular flexibility index (Phi) is 2.28. The lowest BCUT2D eigenvalue weighted by Gasteiger charge is -2.11. The largest absolute Gasteiger partial charge is 0.0795 e. The lowest BCUT2D eigenvalue weighted by Crippen LogP contribution is -1.89. The lowest BCUT2D eigenvalue weighted by molar-refractivity contribution is 1.31. The average molecular weight is 242 g/mol. The molecule has 0 heteroatoms. The Hall–Kier alpha value is -2.34. The predicted octanol–water partition coefficient (Wildman–Crippen LogP) is 5.08. The van der Waals surface area contributed by atoms with Crippen LogP contribution in [0.3, 0.4) is 0 Å². The number of fused-ring (bicyclic) bond motifs is 2. The molecule has 0 aromatic heterocycles. The third-order valence-electron chi connectivity index (χ3n) is 3.91. The van der Waals surface area contributed by atoms with Crippen molar-refractivity contribution < 1.29 is 0 Å². The third kappa shape index (κ3) is 1.61. The van der Waals surface area contributed by atoms with E-state index in [0.717, 1.165) is 6.42 Å². The Morgan fingerprint density at radius 2 is 1.47 bits per heavy atom. The Morgan fingerprint density at radius 3 is 2.47 bits per heavy atom. The Labute approximate surface area is 113 Å². The van der Waals surface area contributed by atoms with Gasteiger partial charge < -0.3 is 0 Å². The van der Waals surface area contributed by atoms with Gasteiger partial charge in [0.25, 0.3) is 0 Å². The van der Waals surface area contributed by atoms with E-state index in [4.69, 9.17) is 0 Å². The molecule has 0 atom stereocenters. The highest BCUT2D eigenvalue weighted by Crippen LogP contribution is 2.35. The van der Waals surface area contributed by atoms with Crippen LogP contribution in [0.15, 0.2) is 66.7 Å². The summed E-state index contributed by atoms with van der Waals surface area (Å²) in [5, 5.41) is 2.65. The van der Waals surface area contributed by atoms with Crippen molar-refractivity contribution in [2.45, 2.75) is 6.42 Å². The van der Waals surface area contributed by atoms with Crippen molar-refractivity contribution in [3.05, 3.63) is 77.9 Å². The van der Waals surface area contributed by atoms with Crippen LogP contribution in [-0.4, -0.2) is 0 Å². The summed E-state index contributed by atoms with van der Waals surface area (Å²) in [6.45, 7) is 0. The molecule has 1 aliphatic rings. The van der Waals surface area contributed by atoms with Gasteiger partial charge in [-0.15, -0.1) is 0 Å². The Bertz CT molecular complexity index is 789. The van der Waals surface area contributed by atoms with E-state index in [1.54, 1.807) is 0 Å². The predicted molar refractivity (Wildman–Crippen MR) is 82.1 cm³/mol. The first-order valence-electron chi connectivity index (χ1n) is 6.70. The van der Waals surface area contributed by atoms with E-state index in [0.29, 0.717) is 0 Å². The molecule has 0 bridgehead atoms. The summed E-state index contributed by atoms with van der Waals surface area (Å²) < 4.78 is 0. The second-order valence-electron chi connectivity index (χ2n) is 5.01. The van der Waals surface area contributed by atoms with Gasteiger partial charge in [-0.3, -0.25) is 0 Å². The van der Waals surface area contributed by atoms with Gasteiger partial charge in [-0.1, -0.05) is 72.8 Å².